The summed E-state index contributed by atoms with van der Waals surface area (Å²) in [6.07, 6.45) is 0.494. The molecule has 7 nitrogen and oxygen atoms in total. The van der Waals surface area contributed by atoms with E-state index in [2.05, 4.69) is 5.10 Å². The van der Waals surface area contributed by atoms with E-state index in [4.69, 9.17) is 11.6 Å². The average molecular weight is 498 g/mol. The molecule has 34 heavy (non-hydrogen) atoms. The van der Waals surface area contributed by atoms with Crippen molar-refractivity contribution < 1.29 is 22.8 Å². The Morgan fingerprint density at radius 3 is 2.09 bits per heavy atom. The highest BCUT2D eigenvalue weighted by Crippen LogP contribution is 2.34. The number of amides is 2. The van der Waals surface area contributed by atoms with Gasteiger partial charge < -0.3 is 9.80 Å². The summed E-state index contributed by atoms with van der Waals surface area (Å²) < 4.78 is 42.5. The number of hydrogen-bond acceptors (Lipinski definition) is 4. The normalized spacial score (nSPS) is 18.1. The maximum atomic E-state index is 13.9. The van der Waals surface area contributed by atoms with Crippen LogP contribution in [0.2, 0.25) is 5.02 Å². The molecule has 0 unspecified atom stereocenters. The van der Waals surface area contributed by atoms with Crippen molar-refractivity contribution in [1.82, 2.24) is 24.5 Å². The van der Waals surface area contributed by atoms with Crippen LogP contribution in [0.1, 0.15) is 41.7 Å². The molecular weight excluding hydrogens is 471 g/mol. The van der Waals surface area contributed by atoms with Crippen LogP contribution in [-0.2, 0) is 11.0 Å². The predicted molar refractivity (Wildman–Crippen MR) is 121 cm³/mol. The zero-order valence-corrected chi connectivity index (χ0v) is 19.5. The minimum absolute atomic E-state index is 0.0743. The lowest BCUT2D eigenvalue weighted by molar-refractivity contribution is -0.143. The number of aromatic nitrogens is 2. The summed E-state index contributed by atoms with van der Waals surface area (Å²) in [4.78, 5) is 30.9. The summed E-state index contributed by atoms with van der Waals surface area (Å²) in [5.74, 6) is -0.642. The smallest absolute Gasteiger partial charge is 0.342 e. The number of benzene rings is 1. The molecule has 0 saturated carbocycles. The molecule has 2 amide bonds. The van der Waals surface area contributed by atoms with Gasteiger partial charge in [-0.15, -0.1) is 0 Å². The third kappa shape index (κ3) is 5.55. The van der Waals surface area contributed by atoms with Gasteiger partial charge in [0.05, 0.1) is 24.0 Å². The van der Waals surface area contributed by atoms with Crippen LogP contribution in [0.5, 0.6) is 0 Å². The van der Waals surface area contributed by atoms with E-state index < -0.39 is 23.3 Å². The molecular formula is C23H27ClF3N5O2. The first-order valence-corrected chi connectivity index (χ1v) is 11.8. The zero-order valence-electron chi connectivity index (χ0n) is 18.7. The van der Waals surface area contributed by atoms with Gasteiger partial charge in [0.15, 0.2) is 5.69 Å². The van der Waals surface area contributed by atoms with Crippen molar-refractivity contribution >= 4 is 23.4 Å². The highest BCUT2D eigenvalue weighted by atomic mass is 35.5. The van der Waals surface area contributed by atoms with Gasteiger partial charge in [-0.3, -0.25) is 14.5 Å². The second-order valence-electron chi connectivity index (χ2n) is 8.66. The van der Waals surface area contributed by atoms with Crippen LogP contribution >= 0.6 is 11.6 Å². The summed E-state index contributed by atoms with van der Waals surface area (Å²) in [5, 5.41) is 4.24. The minimum atomic E-state index is -4.78. The fraction of sp³-hybridized carbons (Fsp3) is 0.522. The van der Waals surface area contributed by atoms with Crippen molar-refractivity contribution in [3.8, 4) is 5.69 Å². The number of hydrogen-bond donors (Lipinski definition) is 0. The average Bonchev–Trinajstić information content (AvgIpc) is 3.08. The fourth-order valence-electron chi connectivity index (χ4n) is 4.45. The molecule has 1 aromatic carbocycles. The number of likely N-dealkylation sites (tertiary alicyclic amines) is 1. The molecule has 1 aromatic heterocycles. The molecule has 0 bridgehead atoms. The van der Waals surface area contributed by atoms with E-state index in [1.807, 2.05) is 9.80 Å². The van der Waals surface area contributed by atoms with Crippen LogP contribution in [0.3, 0.4) is 0 Å². The number of nitrogens with zero attached hydrogens (tertiary/aromatic N) is 5. The summed E-state index contributed by atoms with van der Waals surface area (Å²) in [5.41, 5.74) is -1.44. The molecule has 3 heterocycles. The number of carbonyl (C=O) groups is 2. The molecule has 2 aromatic rings. The highest BCUT2D eigenvalue weighted by Gasteiger charge is 2.41. The third-order valence-electron chi connectivity index (χ3n) is 6.32. The Kier molecular flexibility index (Phi) is 7.47. The van der Waals surface area contributed by atoms with Gasteiger partial charge in [0, 0.05) is 44.3 Å². The topological polar surface area (TPSA) is 61.7 Å². The van der Waals surface area contributed by atoms with Crippen molar-refractivity contribution in [2.24, 2.45) is 0 Å². The Bertz CT molecular complexity index is 1010. The van der Waals surface area contributed by atoms with E-state index in [9.17, 15) is 22.8 Å². The second kappa shape index (κ2) is 10.4. The summed E-state index contributed by atoms with van der Waals surface area (Å²) in [7, 11) is 0. The molecule has 2 fully saturated rings. The van der Waals surface area contributed by atoms with E-state index in [-0.39, 0.29) is 31.2 Å². The van der Waals surface area contributed by atoms with Gasteiger partial charge in [-0.05, 0) is 37.1 Å². The van der Waals surface area contributed by atoms with Crippen molar-refractivity contribution in [3.63, 3.8) is 0 Å². The first kappa shape index (κ1) is 24.5. The molecule has 4 rings (SSSR count). The lowest BCUT2D eigenvalue weighted by Gasteiger charge is -2.35. The number of rotatable bonds is 4. The van der Waals surface area contributed by atoms with Crippen LogP contribution < -0.4 is 0 Å². The molecule has 2 aliphatic heterocycles. The van der Waals surface area contributed by atoms with Gasteiger partial charge >= 0.3 is 6.18 Å². The van der Waals surface area contributed by atoms with Crippen LogP contribution in [0.4, 0.5) is 13.2 Å². The van der Waals surface area contributed by atoms with E-state index in [0.717, 1.165) is 49.7 Å². The molecule has 0 atom stereocenters. The van der Waals surface area contributed by atoms with Crippen molar-refractivity contribution in [3.05, 3.63) is 46.7 Å². The van der Waals surface area contributed by atoms with Crippen molar-refractivity contribution in [2.75, 3.05) is 45.8 Å². The second-order valence-corrected chi connectivity index (χ2v) is 9.09. The molecule has 11 heteroatoms. The highest BCUT2D eigenvalue weighted by molar-refractivity contribution is 6.30. The predicted octanol–water partition coefficient (Wildman–Crippen LogP) is 3.70. The minimum Gasteiger partial charge on any atom is -0.342 e. The quantitative estimate of drug-likeness (QED) is 0.646. The van der Waals surface area contributed by atoms with Crippen LogP contribution in [0, 0.1) is 0 Å². The summed E-state index contributed by atoms with van der Waals surface area (Å²) in [6, 6.07) is 5.76. The molecule has 0 spiro atoms. The first-order valence-electron chi connectivity index (χ1n) is 11.4. The van der Waals surface area contributed by atoms with Crippen molar-refractivity contribution in [2.45, 2.75) is 31.9 Å². The van der Waals surface area contributed by atoms with Crippen LogP contribution in [0.15, 0.2) is 30.5 Å². The lowest BCUT2D eigenvalue weighted by Crippen LogP contribution is -2.51. The van der Waals surface area contributed by atoms with Crippen LogP contribution in [-0.4, -0.2) is 82.1 Å². The summed E-state index contributed by atoms with van der Waals surface area (Å²) >= 11 is 5.84. The van der Waals surface area contributed by atoms with Gasteiger partial charge in [-0.1, -0.05) is 24.4 Å². The Balaban J connectivity index is 1.43. The van der Waals surface area contributed by atoms with E-state index >= 15 is 0 Å². The maximum absolute atomic E-state index is 13.9. The molecule has 2 aliphatic rings. The SMILES string of the molecule is O=C(CN1CCN(C(=O)c2cnn(-c3ccc(Cl)cc3)c2C(F)(F)F)CC1)N1CCCCCC1. The molecule has 0 N–H and O–H groups in total. The van der Waals surface area contributed by atoms with E-state index in [1.54, 1.807) is 0 Å². The molecule has 184 valence electrons. The molecule has 0 aliphatic carbocycles. The fourth-order valence-corrected chi connectivity index (χ4v) is 4.57. The largest absolute Gasteiger partial charge is 0.434 e. The Labute approximate surface area is 201 Å². The lowest BCUT2D eigenvalue weighted by atomic mass is 10.1. The Hall–Kier alpha value is -2.59. The van der Waals surface area contributed by atoms with E-state index in [0.29, 0.717) is 18.1 Å². The standard InChI is InChI=1S/C23H27ClF3N5O2/c24-17-5-7-18(8-6-17)32-21(23(25,26)27)19(15-28-32)22(34)31-13-11-29(12-14-31)16-20(33)30-9-3-1-2-4-10-30/h5-8,15H,1-4,9-14,16H2. The molecule has 0 radical (unpaired) electrons. The van der Waals surface area contributed by atoms with Crippen LogP contribution in [0.25, 0.3) is 5.69 Å². The number of piperazine rings is 1. The monoisotopic (exact) mass is 497 g/mol. The van der Waals surface area contributed by atoms with Gasteiger partial charge in [-0.2, -0.15) is 18.3 Å². The zero-order chi connectivity index (χ0) is 24.3. The first-order chi connectivity index (χ1) is 16.2. The van der Waals surface area contributed by atoms with Gasteiger partial charge in [0.25, 0.3) is 5.91 Å². The van der Waals surface area contributed by atoms with E-state index in [1.165, 1.54) is 29.2 Å². The summed E-state index contributed by atoms with van der Waals surface area (Å²) in [6.45, 7) is 3.16. The number of halogens is 4. The maximum Gasteiger partial charge on any atom is 0.434 e. The van der Waals surface area contributed by atoms with Gasteiger partial charge in [0.2, 0.25) is 5.91 Å². The van der Waals surface area contributed by atoms with Crippen molar-refractivity contribution in [1.29, 1.82) is 0 Å². The van der Waals surface area contributed by atoms with Gasteiger partial charge in [-0.25, -0.2) is 4.68 Å². The molecule has 2 saturated heterocycles. The number of alkyl halides is 3. The van der Waals surface area contributed by atoms with Gasteiger partial charge in [0.1, 0.15) is 0 Å². The Morgan fingerprint density at radius 1 is 0.882 bits per heavy atom. The number of carbonyl (C=O) groups excluding carboxylic acids is 2. The Morgan fingerprint density at radius 2 is 1.50 bits per heavy atom. The third-order valence-corrected chi connectivity index (χ3v) is 6.57.